The molecule has 0 atom stereocenters. The minimum Gasteiger partial charge on any atom is -0.229 e. The first-order chi connectivity index (χ1) is 5.71. The Morgan fingerprint density at radius 2 is 1.54 bits per heavy atom. The van der Waals surface area contributed by atoms with E-state index >= 15 is 0 Å². The van der Waals surface area contributed by atoms with Crippen LogP contribution >= 0.6 is 0 Å². The third-order valence-electron chi connectivity index (χ3n) is 1.94. The molecule has 0 radical (unpaired) electrons. The number of hydrogen-bond donors (Lipinski definition) is 0. The van der Waals surface area contributed by atoms with Gasteiger partial charge in [-0.15, -0.1) is 0 Å². The van der Waals surface area contributed by atoms with Gasteiger partial charge in [0.15, 0.2) is 0 Å². The molecule has 0 aliphatic carbocycles. The molecule has 0 heterocycles. The van der Waals surface area contributed by atoms with Gasteiger partial charge in [-0.1, -0.05) is 33.6 Å². The molecule has 13 heavy (non-hydrogen) atoms. The van der Waals surface area contributed by atoms with Crippen molar-refractivity contribution in [3.05, 3.63) is 0 Å². The van der Waals surface area contributed by atoms with E-state index in [1.807, 2.05) is 0 Å². The first-order valence-electron chi connectivity index (χ1n) is 4.88. The number of sulfone groups is 1. The molecule has 0 rings (SSSR count). The van der Waals surface area contributed by atoms with Crippen LogP contribution in [0.3, 0.4) is 0 Å². The van der Waals surface area contributed by atoms with Crippen LogP contribution in [0.2, 0.25) is 0 Å². The molecule has 0 unspecified atom stereocenters. The fourth-order valence-electron chi connectivity index (χ4n) is 1.20. The largest absolute Gasteiger partial charge is 0.229 e. The molecule has 0 fully saturated rings. The Balaban J connectivity index is 3.39. The Morgan fingerprint density at radius 3 is 1.92 bits per heavy atom. The molecule has 0 aromatic heterocycles. The molecule has 0 saturated heterocycles. The summed E-state index contributed by atoms with van der Waals surface area (Å²) in [4.78, 5) is 0. The van der Waals surface area contributed by atoms with Gasteiger partial charge >= 0.3 is 0 Å². The molecular formula is C10H22O2S. The quantitative estimate of drug-likeness (QED) is 0.648. The van der Waals surface area contributed by atoms with Crippen LogP contribution in [0.25, 0.3) is 0 Å². The Hall–Kier alpha value is -0.0500. The summed E-state index contributed by atoms with van der Waals surface area (Å²) in [6.45, 7) is 6.64. The normalized spacial score (nSPS) is 13.2. The van der Waals surface area contributed by atoms with Crippen molar-refractivity contribution in [1.29, 1.82) is 0 Å². The lowest BCUT2D eigenvalue weighted by atomic mass is 9.90. The maximum atomic E-state index is 10.8. The SMILES string of the molecule is CC(C)(C)CCCCCS(C)(=O)=O. The van der Waals surface area contributed by atoms with Crippen LogP contribution in [0.5, 0.6) is 0 Å². The van der Waals surface area contributed by atoms with E-state index in [0.717, 1.165) is 19.3 Å². The van der Waals surface area contributed by atoms with Gasteiger partial charge in [0.1, 0.15) is 9.84 Å². The van der Waals surface area contributed by atoms with E-state index in [-0.39, 0.29) is 0 Å². The lowest BCUT2D eigenvalue weighted by Gasteiger charge is -2.17. The zero-order valence-corrected chi connectivity index (χ0v) is 10.1. The van der Waals surface area contributed by atoms with Gasteiger partial charge in [0.2, 0.25) is 0 Å². The van der Waals surface area contributed by atoms with E-state index in [4.69, 9.17) is 0 Å². The molecule has 0 aliphatic heterocycles. The highest BCUT2D eigenvalue weighted by molar-refractivity contribution is 7.90. The molecule has 0 aromatic rings. The fourth-order valence-corrected chi connectivity index (χ4v) is 1.92. The third-order valence-corrected chi connectivity index (χ3v) is 2.97. The van der Waals surface area contributed by atoms with Crippen LogP contribution in [0, 0.1) is 5.41 Å². The summed E-state index contributed by atoms with van der Waals surface area (Å²) in [5.41, 5.74) is 0.380. The molecular weight excluding hydrogens is 184 g/mol. The van der Waals surface area contributed by atoms with Crippen LogP contribution < -0.4 is 0 Å². The summed E-state index contributed by atoms with van der Waals surface area (Å²) in [5.74, 6) is 0.344. The van der Waals surface area contributed by atoms with E-state index in [1.54, 1.807) is 0 Å². The number of unbranched alkanes of at least 4 members (excludes halogenated alkanes) is 2. The van der Waals surface area contributed by atoms with Crippen LogP contribution in [-0.4, -0.2) is 20.4 Å². The average molecular weight is 206 g/mol. The van der Waals surface area contributed by atoms with Crippen molar-refractivity contribution in [2.45, 2.75) is 46.5 Å². The molecule has 0 spiro atoms. The summed E-state index contributed by atoms with van der Waals surface area (Å²) in [5, 5.41) is 0. The molecule has 0 amide bonds. The zero-order valence-electron chi connectivity index (χ0n) is 9.26. The lowest BCUT2D eigenvalue weighted by Crippen LogP contribution is -2.06. The first kappa shape index (κ1) is 12.9. The number of hydrogen-bond acceptors (Lipinski definition) is 2. The van der Waals surface area contributed by atoms with Crippen molar-refractivity contribution in [1.82, 2.24) is 0 Å². The van der Waals surface area contributed by atoms with Crippen LogP contribution in [0.15, 0.2) is 0 Å². The molecule has 2 nitrogen and oxygen atoms in total. The van der Waals surface area contributed by atoms with Crippen LogP contribution in [0.1, 0.15) is 46.5 Å². The fraction of sp³-hybridized carbons (Fsp3) is 1.00. The van der Waals surface area contributed by atoms with Crippen molar-refractivity contribution in [2.75, 3.05) is 12.0 Å². The summed E-state index contributed by atoms with van der Waals surface area (Å²) in [6.07, 6.45) is 5.46. The molecule has 0 bridgehead atoms. The van der Waals surface area contributed by atoms with Gasteiger partial charge in [-0.2, -0.15) is 0 Å². The maximum Gasteiger partial charge on any atom is 0.147 e. The second kappa shape index (κ2) is 4.99. The summed E-state index contributed by atoms with van der Waals surface area (Å²) >= 11 is 0. The predicted molar refractivity (Wildman–Crippen MR) is 57.6 cm³/mol. The van der Waals surface area contributed by atoms with E-state index in [9.17, 15) is 8.42 Å². The molecule has 0 aromatic carbocycles. The monoisotopic (exact) mass is 206 g/mol. The Kier molecular flexibility index (Phi) is 4.97. The van der Waals surface area contributed by atoms with Crippen molar-refractivity contribution in [3.8, 4) is 0 Å². The lowest BCUT2D eigenvalue weighted by molar-refractivity contribution is 0.359. The van der Waals surface area contributed by atoms with Crippen molar-refractivity contribution < 1.29 is 8.42 Å². The standard InChI is InChI=1S/C10H22O2S/c1-10(2,3)8-6-5-7-9-13(4,11)12/h5-9H2,1-4H3. The highest BCUT2D eigenvalue weighted by Crippen LogP contribution is 2.21. The average Bonchev–Trinajstić information content (AvgIpc) is 1.81. The number of rotatable bonds is 5. The van der Waals surface area contributed by atoms with Crippen molar-refractivity contribution in [3.63, 3.8) is 0 Å². The van der Waals surface area contributed by atoms with E-state index < -0.39 is 9.84 Å². The van der Waals surface area contributed by atoms with Gasteiger partial charge in [-0.3, -0.25) is 0 Å². The highest BCUT2D eigenvalue weighted by atomic mass is 32.2. The zero-order chi connectivity index (χ0) is 10.5. The van der Waals surface area contributed by atoms with Gasteiger partial charge in [0, 0.05) is 12.0 Å². The third kappa shape index (κ3) is 12.0. The van der Waals surface area contributed by atoms with E-state index in [1.165, 1.54) is 12.7 Å². The maximum absolute atomic E-state index is 10.8. The van der Waals surface area contributed by atoms with Crippen molar-refractivity contribution >= 4 is 9.84 Å². The molecule has 0 aliphatic rings. The highest BCUT2D eigenvalue weighted by Gasteiger charge is 2.09. The molecule has 0 N–H and O–H groups in total. The molecule has 3 heteroatoms. The Bertz CT molecular complexity index is 222. The minimum atomic E-state index is -2.74. The topological polar surface area (TPSA) is 34.1 Å². The van der Waals surface area contributed by atoms with Gasteiger partial charge in [0.05, 0.1) is 0 Å². The molecule has 0 saturated carbocycles. The second-order valence-electron chi connectivity index (χ2n) is 5.00. The Labute approximate surface area is 82.6 Å². The van der Waals surface area contributed by atoms with E-state index in [0.29, 0.717) is 11.2 Å². The summed E-state index contributed by atoms with van der Waals surface area (Å²) < 4.78 is 21.6. The van der Waals surface area contributed by atoms with Gasteiger partial charge in [0.25, 0.3) is 0 Å². The Morgan fingerprint density at radius 1 is 1.00 bits per heavy atom. The summed E-state index contributed by atoms with van der Waals surface area (Å²) in [7, 11) is -2.74. The smallest absolute Gasteiger partial charge is 0.147 e. The summed E-state index contributed by atoms with van der Waals surface area (Å²) in [6, 6.07) is 0. The predicted octanol–water partition coefficient (Wildman–Crippen LogP) is 2.64. The molecule has 80 valence electrons. The van der Waals surface area contributed by atoms with Gasteiger partial charge in [-0.05, 0) is 18.3 Å². The van der Waals surface area contributed by atoms with Crippen LogP contribution in [0.4, 0.5) is 0 Å². The second-order valence-corrected chi connectivity index (χ2v) is 7.26. The first-order valence-corrected chi connectivity index (χ1v) is 6.94. The van der Waals surface area contributed by atoms with Crippen molar-refractivity contribution in [2.24, 2.45) is 5.41 Å². The van der Waals surface area contributed by atoms with Gasteiger partial charge in [-0.25, -0.2) is 8.42 Å². The van der Waals surface area contributed by atoms with E-state index in [2.05, 4.69) is 20.8 Å². The minimum absolute atomic E-state index is 0.344. The van der Waals surface area contributed by atoms with Gasteiger partial charge < -0.3 is 0 Å². The van der Waals surface area contributed by atoms with Crippen LogP contribution in [-0.2, 0) is 9.84 Å².